The summed E-state index contributed by atoms with van der Waals surface area (Å²) in [7, 11) is 0. The van der Waals surface area contributed by atoms with Crippen LogP contribution in [0.2, 0.25) is 0 Å². The SMILES string of the molecule is Cc1ccc(-c2nc(C)sc2CC(=O)Nc2cc(-c3nnc4n3CCCCC4)ccc2C)cc1. The molecule has 0 bridgehead atoms. The lowest BCUT2D eigenvalue weighted by atomic mass is 10.1. The van der Waals surface area contributed by atoms with Crippen molar-refractivity contribution in [2.45, 2.75) is 59.4 Å². The van der Waals surface area contributed by atoms with Crippen LogP contribution in [0, 0.1) is 20.8 Å². The van der Waals surface area contributed by atoms with E-state index in [-0.39, 0.29) is 5.91 Å². The molecule has 0 saturated carbocycles. The first kappa shape index (κ1) is 22.5. The Bertz CT molecular complexity index is 1340. The molecular weight excluding hydrogens is 442 g/mol. The van der Waals surface area contributed by atoms with Crippen molar-refractivity contribution in [2.75, 3.05) is 5.32 Å². The monoisotopic (exact) mass is 471 g/mol. The van der Waals surface area contributed by atoms with Gasteiger partial charge in [0.05, 0.1) is 17.1 Å². The molecule has 0 atom stereocenters. The minimum atomic E-state index is -0.0441. The lowest BCUT2D eigenvalue weighted by Gasteiger charge is -2.12. The van der Waals surface area contributed by atoms with E-state index in [1.807, 2.05) is 26.0 Å². The standard InChI is InChI=1S/C27H29N5OS/c1-17-8-11-20(12-9-17)26-23(34-19(3)28-26)16-25(33)29-22-15-21(13-10-18(22)2)27-31-30-24-7-5-4-6-14-32(24)27/h8-13,15H,4-7,14,16H2,1-3H3,(H,29,33). The highest BCUT2D eigenvalue weighted by Crippen LogP contribution is 2.30. The van der Waals surface area contributed by atoms with E-state index in [1.165, 1.54) is 12.0 Å². The number of anilines is 1. The van der Waals surface area contributed by atoms with E-state index in [0.717, 1.165) is 75.4 Å². The number of nitrogens with zero attached hydrogens (tertiary/aromatic N) is 4. The molecule has 0 aliphatic carbocycles. The zero-order valence-electron chi connectivity index (χ0n) is 19.9. The zero-order valence-corrected chi connectivity index (χ0v) is 20.7. The average Bonchev–Trinajstić information content (AvgIpc) is 3.30. The number of benzene rings is 2. The molecule has 0 radical (unpaired) electrons. The van der Waals surface area contributed by atoms with Crippen LogP contribution < -0.4 is 5.32 Å². The maximum absolute atomic E-state index is 13.1. The molecule has 0 saturated heterocycles. The van der Waals surface area contributed by atoms with Gasteiger partial charge in [-0.1, -0.05) is 48.4 Å². The Morgan fingerprint density at radius 3 is 2.62 bits per heavy atom. The van der Waals surface area contributed by atoms with Crippen molar-refractivity contribution in [1.29, 1.82) is 0 Å². The molecule has 174 valence electrons. The number of fused-ring (bicyclic) bond motifs is 1. The summed E-state index contributed by atoms with van der Waals surface area (Å²) in [6.45, 7) is 7.01. The summed E-state index contributed by atoms with van der Waals surface area (Å²) in [6.07, 6.45) is 4.79. The molecule has 2 aromatic carbocycles. The Hall–Kier alpha value is -3.32. The van der Waals surface area contributed by atoms with Gasteiger partial charge in [-0.3, -0.25) is 4.79 Å². The third kappa shape index (κ3) is 4.66. The quantitative estimate of drug-likeness (QED) is 0.393. The number of hydrogen-bond donors (Lipinski definition) is 1. The number of thiazole rings is 1. The molecule has 3 heterocycles. The number of hydrogen-bond acceptors (Lipinski definition) is 5. The smallest absolute Gasteiger partial charge is 0.229 e. The van der Waals surface area contributed by atoms with Gasteiger partial charge in [-0.15, -0.1) is 21.5 Å². The van der Waals surface area contributed by atoms with E-state index < -0.39 is 0 Å². The van der Waals surface area contributed by atoms with E-state index in [1.54, 1.807) is 11.3 Å². The number of carbonyl (C=O) groups excluding carboxylic acids is 1. The van der Waals surface area contributed by atoms with Crippen LogP contribution in [0.25, 0.3) is 22.6 Å². The topological polar surface area (TPSA) is 72.7 Å². The van der Waals surface area contributed by atoms with Crippen molar-refractivity contribution < 1.29 is 4.79 Å². The second-order valence-corrected chi connectivity index (χ2v) is 10.3. The van der Waals surface area contributed by atoms with Gasteiger partial charge in [0.1, 0.15) is 5.82 Å². The third-order valence-corrected chi connectivity index (χ3v) is 7.30. The molecule has 1 amide bonds. The van der Waals surface area contributed by atoms with Crippen molar-refractivity contribution in [3.63, 3.8) is 0 Å². The van der Waals surface area contributed by atoms with Crippen LogP contribution in [-0.2, 0) is 24.2 Å². The fourth-order valence-electron chi connectivity index (χ4n) is 4.46. The summed E-state index contributed by atoms with van der Waals surface area (Å²) in [6, 6.07) is 14.4. The number of aromatic nitrogens is 4. The van der Waals surface area contributed by atoms with Gasteiger partial charge in [-0.2, -0.15) is 0 Å². The van der Waals surface area contributed by atoms with Crippen molar-refractivity contribution in [3.05, 3.63) is 69.3 Å². The molecule has 0 spiro atoms. The van der Waals surface area contributed by atoms with Crippen LogP contribution in [0.4, 0.5) is 5.69 Å². The van der Waals surface area contributed by atoms with Gasteiger partial charge in [-0.25, -0.2) is 4.98 Å². The number of aryl methyl sites for hydroxylation is 4. The van der Waals surface area contributed by atoms with E-state index in [9.17, 15) is 4.79 Å². The number of nitrogens with one attached hydrogen (secondary N) is 1. The van der Waals surface area contributed by atoms with E-state index >= 15 is 0 Å². The van der Waals surface area contributed by atoms with E-state index in [2.05, 4.69) is 57.3 Å². The van der Waals surface area contributed by atoms with E-state index in [0.29, 0.717) is 6.42 Å². The fourth-order valence-corrected chi connectivity index (χ4v) is 5.42. The summed E-state index contributed by atoms with van der Waals surface area (Å²) in [5.41, 5.74) is 5.96. The molecule has 34 heavy (non-hydrogen) atoms. The van der Waals surface area contributed by atoms with Crippen molar-refractivity contribution in [3.8, 4) is 22.6 Å². The molecule has 1 aliphatic heterocycles. The Balaban J connectivity index is 1.37. The lowest BCUT2D eigenvalue weighted by Crippen LogP contribution is -2.15. The summed E-state index contributed by atoms with van der Waals surface area (Å²) in [5, 5.41) is 13.0. The summed E-state index contributed by atoms with van der Waals surface area (Å²) in [4.78, 5) is 18.8. The predicted octanol–water partition coefficient (Wildman–Crippen LogP) is 5.90. The molecule has 0 unspecified atom stereocenters. The van der Waals surface area contributed by atoms with Gasteiger partial charge in [0.25, 0.3) is 0 Å². The molecule has 1 aliphatic rings. The van der Waals surface area contributed by atoms with Gasteiger partial charge in [0.15, 0.2) is 5.82 Å². The van der Waals surface area contributed by atoms with Crippen LogP contribution in [0.5, 0.6) is 0 Å². The fraction of sp³-hybridized carbons (Fsp3) is 0.333. The van der Waals surface area contributed by atoms with Gasteiger partial charge < -0.3 is 9.88 Å². The second kappa shape index (κ2) is 9.50. The maximum Gasteiger partial charge on any atom is 0.229 e. The molecule has 6 nitrogen and oxygen atoms in total. The zero-order chi connectivity index (χ0) is 23.7. The Morgan fingerprint density at radius 2 is 1.79 bits per heavy atom. The first-order chi connectivity index (χ1) is 16.5. The van der Waals surface area contributed by atoms with Gasteiger partial charge >= 0.3 is 0 Å². The number of rotatable bonds is 5. The summed E-state index contributed by atoms with van der Waals surface area (Å²) in [5.74, 6) is 1.90. The number of carbonyl (C=O) groups is 1. The van der Waals surface area contributed by atoms with Gasteiger partial charge in [0.2, 0.25) is 5.91 Å². The van der Waals surface area contributed by atoms with Gasteiger partial charge in [0, 0.05) is 34.7 Å². The van der Waals surface area contributed by atoms with Crippen molar-refractivity contribution in [1.82, 2.24) is 19.7 Å². The van der Waals surface area contributed by atoms with E-state index in [4.69, 9.17) is 4.98 Å². The molecule has 5 rings (SSSR count). The average molecular weight is 472 g/mol. The Labute approximate surface area is 204 Å². The molecular formula is C27H29N5OS. The number of amides is 1. The lowest BCUT2D eigenvalue weighted by molar-refractivity contribution is -0.115. The Morgan fingerprint density at radius 1 is 1.00 bits per heavy atom. The normalized spacial score (nSPS) is 13.4. The largest absolute Gasteiger partial charge is 0.326 e. The Kier molecular flexibility index (Phi) is 6.28. The second-order valence-electron chi connectivity index (χ2n) is 9.03. The van der Waals surface area contributed by atoms with Crippen LogP contribution in [0.15, 0.2) is 42.5 Å². The maximum atomic E-state index is 13.1. The van der Waals surface area contributed by atoms with Crippen LogP contribution in [0.1, 0.15) is 46.1 Å². The van der Waals surface area contributed by atoms with Gasteiger partial charge in [-0.05, 0) is 45.2 Å². The highest BCUT2D eigenvalue weighted by atomic mass is 32.1. The van der Waals surface area contributed by atoms with Crippen LogP contribution in [0.3, 0.4) is 0 Å². The highest BCUT2D eigenvalue weighted by molar-refractivity contribution is 7.12. The van der Waals surface area contributed by atoms with Crippen LogP contribution in [-0.4, -0.2) is 25.7 Å². The molecule has 2 aromatic heterocycles. The third-order valence-electron chi connectivity index (χ3n) is 6.33. The molecule has 0 fully saturated rings. The predicted molar refractivity (Wildman–Crippen MR) is 137 cm³/mol. The minimum absolute atomic E-state index is 0.0441. The molecule has 4 aromatic rings. The van der Waals surface area contributed by atoms with Crippen LogP contribution >= 0.6 is 11.3 Å². The minimum Gasteiger partial charge on any atom is -0.326 e. The molecule has 1 N–H and O–H groups in total. The first-order valence-corrected chi connectivity index (χ1v) is 12.7. The van der Waals surface area contributed by atoms with Crippen molar-refractivity contribution >= 4 is 22.9 Å². The first-order valence-electron chi connectivity index (χ1n) is 11.8. The summed E-state index contributed by atoms with van der Waals surface area (Å²) < 4.78 is 2.23. The highest BCUT2D eigenvalue weighted by Gasteiger charge is 2.18. The summed E-state index contributed by atoms with van der Waals surface area (Å²) >= 11 is 1.58. The molecule has 7 heteroatoms. The van der Waals surface area contributed by atoms with Crippen molar-refractivity contribution in [2.24, 2.45) is 0 Å².